The first-order valence-corrected chi connectivity index (χ1v) is 21.3. The molecule has 7 N–H and O–H groups in total. The summed E-state index contributed by atoms with van der Waals surface area (Å²) in [6, 6.07) is -2.43. The van der Waals surface area contributed by atoms with Gasteiger partial charge in [0.1, 0.15) is 46.3 Å². The topological polar surface area (TPSA) is 263 Å². The van der Waals surface area contributed by atoms with Crippen LogP contribution < -0.4 is 31.9 Å². The van der Waals surface area contributed by atoms with E-state index in [4.69, 9.17) is 5.11 Å². The van der Waals surface area contributed by atoms with Crippen molar-refractivity contribution in [2.75, 3.05) is 12.0 Å². The summed E-state index contributed by atoms with van der Waals surface area (Å²) in [6.45, 7) is 13.0. The molecule has 0 heterocycles. The van der Waals surface area contributed by atoms with E-state index >= 15 is 0 Å². The number of aryl methyl sites for hydroxylation is 1. The van der Waals surface area contributed by atoms with Gasteiger partial charge in [-0.05, 0) is 41.7 Å². The van der Waals surface area contributed by atoms with Crippen LogP contribution in [0.3, 0.4) is 0 Å². The van der Waals surface area contributed by atoms with Gasteiger partial charge in [0.2, 0.25) is 35.4 Å². The smallest absolute Gasteiger partial charge is 0.391 e. The van der Waals surface area contributed by atoms with E-state index in [0.29, 0.717) is 5.56 Å². The average molecular weight is 877 g/mol. The fraction of sp³-hybridized carbons (Fsp3) is 0.641. The molecule has 0 aliphatic heterocycles. The fourth-order valence-corrected chi connectivity index (χ4v) is 6.67. The molecule has 6 amide bonds. The maximum Gasteiger partial charge on any atom is 0.391 e. The van der Waals surface area contributed by atoms with Crippen molar-refractivity contribution < 1.29 is 65.1 Å². The Morgan fingerprint density at radius 1 is 0.750 bits per heavy atom. The van der Waals surface area contributed by atoms with Crippen LogP contribution in [0.15, 0.2) is 24.3 Å². The monoisotopic (exact) mass is 876 g/mol. The second kappa shape index (κ2) is 23.1. The van der Waals surface area contributed by atoms with Crippen LogP contribution in [-0.2, 0) is 54.6 Å². The van der Waals surface area contributed by atoms with E-state index in [1.54, 1.807) is 79.7 Å². The van der Waals surface area contributed by atoms with E-state index in [1.807, 2.05) is 5.32 Å². The largest absolute Gasteiger partial charge is 0.481 e. The Kier molecular flexibility index (Phi) is 20.3. The molecular weight excluding hydrogens is 818 g/mol. The number of amides is 6. The standard InChI is InChI=1S/C39H59F3N6O11S/c1-21(2)16-26(33(53)43-25(19-49)18-39(40,41)42)46-37(57)32(38(6,7)8)48-34(54)27(17-24-13-11-10-12-23(24)5)45-36(56)31(22(3)4)47-35(55)28(20-60(9,58)59)44-29(50)14-15-30(51)52/h10-13,19,21-22,25-28,31-32H,14-18,20H2,1-9H3,(H,43,53)(H,44,50)(H,45,56)(H,46,57)(H,47,55)(H,48,54)(H,51,52)/t25?,26-,27-,28-,31+,32+/m0/s1. The molecule has 1 unspecified atom stereocenters. The molecule has 21 heteroatoms. The van der Waals surface area contributed by atoms with Gasteiger partial charge in [-0.1, -0.05) is 72.7 Å². The average Bonchev–Trinajstić information content (AvgIpc) is 3.09. The Morgan fingerprint density at radius 2 is 1.30 bits per heavy atom. The predicted octanol–water partition coefficient (Wildman–Crippen LogP) is 1.26. The molecule has 0 aromatic heterocycles. The number of carboxylic acids is 1. The second-order valence-electron chi connectivity index (χ2n) is 16.6. The third-order valence-electron chi connectivity index (χ3n) is 8.95. The number of aldehydes is 1. The molecule has 6 atom stereocenters. The Morgan fingerprint density at radius 3 is 1.78 bits per heavy atom. The van der Waals surface area contributed by atoms with Gasteiger partial charge < -0.3 is 41.8 Å². The molecule has 0 aliphatic carbocycles. The molecule has 1 rings (SSSR count). The van der Waals surface area contributed by atoms with Crippen LogP contribution in [0.25, 0.3) is 0 Å². The van der Waals surface area contributed by atoms with Crippen molar-refractivity contribution in [1.29, 1.82) is 0 Å². The molecule has 0 saturated heterocycles. The number of benzene rings is 1. The van der Waals surface area contributed by atoms with Crippen molar-refractivity contribution in [2.45, 2.75) is 130 Å². The van der Waals surface area contributed by atoms with Crippen molar-refractivity contribution in [3.8, 4) is 0 Å². The molecule has 0 spiro atoms. The van der Waals surface area contributed by atoms with Gasteiger partial charge in [0.15, 0.2) is 0 Å². The number of aliphatic carboxylic acids is 1. The third kappa shape index (κ3) is 19.8. The maximum atomic E-state index is 14.2. The molecule has 17 nitrogen and oxygen atoms in total. The van der Waals surface area contributed by atoms with Crippen LogP contribution in [0.4, 0.5) is 13.2 Å². The van der Waals surface area contributed by atoms with E-state index < -0.39 is 130 Å². The highest BCUT2D eigenvalue weighted by Crippen LogP contribution is 2.23. The lowest BCUT2D eigenvalue weighted by Crippen LogP contribution is -2.62. The van der Waals surface area contributed by atoms with Crippen LogP contribution in [-0.4, -0.2) is 116 Å². The minimum atomic E-state index is -4.77. The molecular formula is C39H59F3N6O11S. The number of alkyl halides is 3. The van der Waals surface area contributed by atoms with Crippen molar-refractivity contribution in [3.63, 3.8) is 0 Å². The third-order valence-corrected chi connectivity index (χ3v) is 9.89. The fourth-order valence-electron chi connectivity index (χ4n) is 5.83. The van der Waals surface area contributed by atoms with E-state index in [1.165, 1.54) is 0 Å². The Bertz CT molecular complexity index is 1820. The van der Waals surface area contributed by atoms with Gasteiger partial charge in [-0.3, -0.25) is 33.6 Å². The van der Waals surface area contributed by atoms with Gasteiger partial charge in [-0.25, -0.2) is 8.42 Å². The summed E-state index contributed by atoms with van der Waals surface area (Å²) in [5, 5.41) is 23.3. The SMILES string of the molecule is Cc1ccccc1C[C@H](NC(=O)[C@H](NC(=O)[C@H](CS(C)(=O)=O)NC(=O)CCC(=O)O)C(C)C)C(=O)N[C@H](C(=O)N[C@@H](CC(C)C)C(=O)NC(C=O)CC(F)(F)F)C(C)(C)C. The summed E-state index contributed by atoms with van der Waals surface area (Å²) in [7, 11) is -3.91. The summed E-state index contributed by atoms with van der Waals surface area (Å²) in [5.74, 6) is -8.90. The first kappa shape index (κ1) is 52.9. The lowest BCUT2D eigenvalue weighted by Gasteiger charge is -2.34. The molecule has 60 heavy (non-hydrogen) atoms. The number of rotatable bonds is 23. The predicted molar refractivity (Wildman–Crippen MR) is 214 cm³/mol. The van der Waals surface area contributed by atoms with Crippen LogP contribution in [0.5, 0.6) is 0 Å². The minimum Gasteiger partial charge on any atom is -0.481 e. The molecule has 338 valence electrons. The number of carbonyl (C=O) groups excluding carboxylic acids is 7. The Hall–Kier alpha value is -5.08. The molecule has 0 fully saturated rings. The van der Waals surface area contributed by atoms with E-state index in [2.05, 4.69) is 26.6 Å². The Labute approximate surface area is 348 Å². The van der Waals surface area contributed by atoms with Crippen molar-refractivity contribution in [1.82, 2.24) is 31.9 Å². The maximum absolute atomic E-state index is 14.2. The quantitative estimate of drug-likeness (QED) is 0.0770. The van der Waals surface area contributed by atoms with Gasteiger partial charge in [0.25, 0.3) is 0 Å². The van der Waals surface area contributed by atoms with E-state index in [0.717, 1.165) is 11.8 Å². The van der Waals surface area contributed by atoms with Gasteiger partial charge in [0.05, 0.1) is 24.6 Å². The molecule has 0 saturated carbocycles. The zero-order chi connectivity index (χ0) is 46.3. The van der Waals surface area contributed by atoms with E-state index in [-0.39, 0.29) is 25.0 Å². The molecule has 1 aromatic carbocycles. The summed E-state index contributed by atoms with van der Waals surface area (Å²) < 4.78 is 63.4. The second-order valence-corrected chi connectivity index (χ2v) is 18.8. The van der Waals surface area contributed by atoms with Gasteiger partial charge >= 0.3 is 12.1 Å². The number of halogens is 3. The number of carboxylic acid groups (broad SMARTS) is 1. The van der Waals surface area contributed by atoms with Gasteiger partial charge in [-0.2, -0.15) is 13.2 Å². The van der Waals surface area contributed by atoms with Crippen LogP contribution in [0.2, 0.25) is 0 Å². The van der Waals surface area contributed by atoms with Crippen molar-refractivity contribution in [3.05, 3.63) is 35.4 Å². The number of hydrogen-bond acceptors (Lipinski definition) is 10. The highest BCUT2D eigenvalue weighted by atomic mass is 32.2. The van der Waals surface area contributed by atoms with Crippen LogP contribution in [0, 0.1) is 24.2 Å². The minimum absolute atomic E-state index is 0.0503. The summed E-state index contributed by atoms with van der Waals surface area (Å²) in [5.41, 5.74) is 0.261. The zero-order valence-electron chi connectivity index (χ0n) is 35.3. The van der Waals surface area contributed by atoms with Crippen molar-refractivity contribution in [2.24, 2.45) is 17.3 Å². The Balaban J connectivity index is 3.52. The molecule has 0 aliphatic rings. The summed E-state index contributed by atoms with van der Waals surface area (Å²) in [4.78, 5) is 103. The van der Waals surface area contributed by atoms with E-state index in [9.17, 15) is 59.9 Å². The lowest BCUT2D eigenvalue weighted by atomic mass is 9.85. The lowest BCUT2D eigenvalue weighted by molar-refractivity contribution is -0.147. The number of sulfone groups is 1. The first-order chi connectivity index (χ1) is 27.4. The zero-order valence-corrected chi connectivity index (χ0v) is 36.1. The van der Waals surface area contributed by atoms with Crippen molar-refractivity contribution >= 4 is 57.5 Å². The molecule has 0 bridgehead atoms. The normalized spacial score (nSPS) is 15.0. The summed E-state index contributed by atoms with van der Waals surface area (Å²) in [6.07, 6.45) is -7.00. The van der Waals surface area contributed by atoms with Crippen LogP contribution in [0.1, 0.15) is 85.3 Å². The molecule has 0 radical (unpaired) electrons. The number of hydrogen-bond donors (Lipinski definition) is 7. The molecule has 1 aromatic rings. The number of nitrogens with one attached hydrogen (secondary N) is 6. The van der Waals surface area contributed by atoms with Gasteiger partial charge in [0, 0.05) is 19.1 Å². The first-order valence-electron chi connectivity index (χ1n) is 19.2. The van der Waals surface area contributed by atoms with Crippen LogP contribution >= 0.6 is 0 Å². The highest BCUT2D eigenvalue weighted by molar-refractivity contribution is 7.90. The number of carbonyl (C=O) groups is 8. The highest BCUT2D eigenvalue weighted by Gasteiger charge is 2.39. The summed E-state index contributed by atoms with van der Waals surface area (Å²) >= 11 is 0. The van der Waals surface area contributed by atoms with Gasteiger partial charge in [-0.15, -0.1) is 0 Å².